The number of rotatable bonds is 3. The van der Waals surface area contributed by atoms with Crippen molar-refractivity contribution in [3.63, 3.8) is 0 Å². The smallest absolute Gasteiger partial charge is 0.0537 e. The van der Waals surface area contributed by atoms with Crippen molar-refractivity contribution in [2.24, 2.45) is 0 Å². The summed E-state index contributed by atoms with van der Waals surface area (Å²) < 4.78 is 0. The second kappa shape index (κ2) is 4.74. The van der Waals surface area contributed by atoms with Gasteiger partial charge < -0.3 is 0 Å². The van der Waals surface area contributed by atoms with Crippen LogP contribution in [0, 0.1) is 6.07 Å². The van der Waals surface area contributed by atoms with Crippen molar-refractivity contribution in [2.45, 2.75) is 24.1 Å². The summed E-state index contributed by atoms with van der Waals surface area (Å²) in [6, 6.07) is 10.8. The minimum Gasteiger partial charge on any atom is -0.122 e. The summed E-state index contributed by atoms with van der Waals surface area (Å²) in [4.78, 5) is 0. The van der Waals surface area contributed by atoms with Gasteiger partial charge in [-0.25, -0.2) is 0 Å². The van der Waals surface area contributed by atoms with Crippen LogP contribution in [0.3, 0.4) is 0 Å². The summed E-state index contributed by atoms with van der Waals surface area (Å²) >= 11 is 11.8. The van der Waals surface area contributed by atoms with Crippen LogP contribution in [-0.4, -0.2) is 10.8 Å². The molecule has 0 nitrogen and oxygen atoms in total. The van der Waals surface area contributed by atoms with Crippen LogP contribution in [0.4, 0.5) is 0 Å². The van der Waals surface area contributed by atoms with E-state index in [0.29, 0.717) is 0 Å². The Kier molecular flexibility index (Phi) is 3.90. The van der Waals surface area contributed by atoms with E-state index in [2.05, 4.69) is 6.07 Å². The molecule has 0 bridgehead atoms. The molecule has 0 aliphatic carbocycles. The standard InChI is InChI=1S/C10H11Cl2/c1-8(11)10(12)7-9-5-3-2-4-6-9/h2-3,5-6,8,10H,7H2,1H3. The molecular formula is C10H11Cl2. The molecule has 12 heavy (non-hydrogen) atoms. The Bertz CT molecular complexity index is 219. The van der Waals surface area contributed by atoms with E-state index in [1.54, 1.807) is 0 Å². The molecule has 0 saturated heterocycles. The van der Waals surface area contributed by atoms with Gasteiger partial charge in [0.1, 0.15) is 0 Å². The first-order chi connectivity index (χ1) is 5.70. The summed E-state index contributed by atoms with van der Waals surface area (Å²) in [7, 11) is 0. The quantitative estimate of drug-likeness (QED) is 0.660. The van der Waals surface area contributed by atoms with Crippen LogP contribution in [0.2, 0.25) is 0 Å². The maximum atomic E-state index is 6.00. The van der Waals surface area contributed by atoms with Gasteiger partial charge in [0.05, 0.1) is 5.38 Å². The van der Waals surface area contributed by atoms with E-state index in [4.69, 9.17) is 23.2 Å². The molecule has 0 N–H and O–H groups in total. The first kappa shape index (κ1) is 9.88. The van der Waals surface area contributed by atoms with E-state index in [-0.39, 0.29) is 10.8 Å². The third-order valence-electron chi connectivity index (χ3n) is 1.70. The third-order valence-corrected chi connectivity index (χ3v) is 2.67. The lowest BCUT2D eigenvalue weighted by molar-refractivity contribution is 0.813. The third kappa shape index (κ3) is 3.04. The molecule has 0 aromatic heterocycles. The molecular weight excluding hydrogens is 191 g/mol. The molecule has 2 atom stereocenters. The molecule has 0 spiro atoms. The molecule has 2 heteroatoms. The van der Waals surface area contributed by atoms with E-state index in [9.17, 15) is 0 Å². The molecule has 1 rings (SSSR count). The fourth-order valence-electron chi connectivity index (χ4n) is 0.945. The van der Waals surface area contributed by atoms with Gasteiger partial charge in [-0.15, -0.1) is 23.2 Å². The minimum absolute atomic E-state index is 0.00228. The van der Waals surface area contributed by atoms with Gasteiger partial charge in [0, 0.05) is 5.38 Å². The molecule has 1 aromatic carbocycles. The predicted molar refractivity (Wildman–Crippen MR) is 53.9 cm³/mol. The van der Waals surface area contributed by atoms with E-state index < -0.39 is 0 Å². The lowest BCUT2D eigenvalue weighted by Gasteiger charge is -2.10. The summed E-state index contributed by atoms with van der Waals surface area (Å²) in [5.74, 6) is 0. The normalized spacial score (nSPS) is 15.6. The molecule has 0 fully saturated rings. The summed E-state index contributed by atoms with van der Waals surface area (Å²) in [6.45, 7) is 1.91. The fraction of sp³-hybridized carbons (Fsp3) is 0.400. The molecule has 2 unspecified atom stereocenters. The Hall–Kier alpha value is -0.200. The first-order valence-electron chi connectivity index (χ1n) is 3.93. The Balaban J connectivity index is 2.53. The van der Waals surface area contributed by atoms with E-state index in [0.717, 1.165) is 6.42 Å². The van der Waals surface area contributed by atoms with Crippen molar-refractivity contribution in [1.29, 1.82) is 0 Å². The van der Waals surface area contributed by atoms with Crippen molar-refractivity contribution in [3.05, 3.63) is 35.9 Å². The molecule has 0 heterocycles. The van der Waals surface area contributed by atoms with Gasteiger partial charge in [0.2, 0.25) is 0 Å². The summed E-state index contributed by atoms with van der Waals surface area (Å²) in [6.07, 6.45) is 0.809. The van der Waals surface area contributed by atoms with Crippen molar-refractivity contribution in [2.75, 3.05) is 0 Å². The molecule has 0 aliphatic heterocycles. The Labute approximate surface area is 83.5 Å². The van der Waals surface area contributed by atoms with Crippen molar-refractivity contribution >= 4 is 23.2 Å². The molecule has 1 radical (unpaired) electrons. The largest absolute Gasteiger partial charge is 0.122 e. The monoisotopic (exact) mass is 201 g/mol. The number of benzene rings is 1. The van der Waals surface area contributed by atoms with Gasteiger partial charge in [-0.2, -0.15) is 0 Å². The second-order valence-electron chi connectivity index (χ2n) is 2.81. The van der Waals surface area contributed by atoms with Crippen LogP contribution in [0.25, 0.3) is 0 Å². The molecule has 0 saturated carbocycles. The van der Waals surface area contributed by atoms with Crippen molar-refractivity contribution in [1.82, 2.24) is 0 Å². The van der Waals surface area contributed by atoms with Crippen LogP contribution in [0.5, 0.6) is 0 Å². The summed E-state index contributed by atoms with van der Waals surface area (Å²) in [5.41, 5.74) is 1.19. The zero-order valence-corrected chi connectivity index (χ0v) is 8.44. The zero-order valence-electron chi connectivity index (χ0n) is 6.93. The fourth-order valence-corrected chi connectivity index (χ4v) is 1.21. The molecule has 0 amide bonds. The van der Waals surface area contributed by atoms with Crippen LogP contribution in [0.1, 0.15) is 12.5 Å². The highest BCUT2D eigenvalue weighted by Gasteiger charge is 2.11. The maximum Gasteiger partial charge on any atom is 0.0537 e. The lowest BCUT2D eigenvalue weighted by Crippen LogP contribution is -2.13. The Morgan fingerprint density at radius 1 is 1.50 bits per heavy atom. The van der Waals surface area contributed by atoms with Crippen LogP contribution in [0.15, 0.2) is 24.3 Å². The van der Waals surface area contributed by atoms with Gasteiger partial charge in [0.15, 0.2) is 0 Å². The van der Waals surface area contributed by atoms with E-state index >= 15 is 0 Å². The average Bonchev–Trinajstić information content (AvgIpc) is 2.06. The SMILES string of the molecule is CC(Cl)C(Cl)Cc1c[c]ccc1. The van der Waals surface area contributed by atoms with Gasteiger partial charge in [-0.3, -0.25) is 0 Å². The van der Waals surface area contributed by atoms with Gasteiger partial charge in [0.25, 0.3) is 0 Å². The van der Waals surface area contributed by atoms with Crippen LogP contribution >= 0.6 is 23.2 Å². The number of hydrogen-bond donors (Lipinski definition) is 0. The van der Waals surface area contributed by atoms with Gasteiger partial charge in [-0.1, -0.05) is 24.3 Å². The van der Waals surface area contributed by atoms with E-state index in [1.165, 1.54) is 5.56 Å². The highest BCUT2D eigenvalue weighted by molar-refractivity contribution is 6.29. The molecule has 0 aliphatic rings. The number of hydrogen-bond acceptors (Lipinski definition) is 0. The molecule has 65 valence electrons. The van der Waals surface area contributed by atoms with Crippen molar-refractivity contribution < 1.29 is 0 Å². The summed E-state index contributed by atoms with van der Waals surface area (Å²) in [5, 5.41) is 0.00865. The second-order valence-corrected chi connectivity index (χ2v) is 4.06. The topological polar surface area (TPSA) is 0 Å². The number of alkyl halides is 2. The highest BCUT2D eigenvalue weighted by atomic mass is 35.5. The maximum absolute atomic E-state index is 6.00. The number of halogens is 2. The Morgan fingerprint density at radius 3 is 2.75 bits per heavy atom. The first-order valence-corrected chi connectivity index (χ1v) is 4.80. The average molecular weight is 202 g/mol. The van der Waals surface area contributed by atoms with Crippen LogP contribution in [-0.2, 0) is 6.42 Å². The highest BCUT2D eigenvalue weighted by Crippen LogP contribution is 2.14. The van der Waals surface area contributed by atoms with Crippen LogP contribution < -0.4 is 0 Å². The van der Waals surface area contributed by atoms with Gasteiger partial charge in [-0.05, 0) is 25.0 Å². The lowest BCUT2D eigenvalue weighted by atomic mass is 10.1. The minimum atomic E-state index is 0.00228. The zero-order chi connectivity index (χ0) is 8.97. The van der Waals surface area contributed by atoms with Crippen molar-refractivity contribution in [3.8, 4) is 0 Å². The predicted octanol–water partition coefficient (Wildman–Crippen LogP) is 3.26. The van der Waals surface area contributed by atoms with Gasteiger partial charge >= 0.3 is 0 Å². The van der Waals surface area contributed by atoms with E-state index in [1.807, 2.05) is 31.2 Å². The Morgan fingerprint density at radius 2 is 2.25 bits per heavy atom. The molecule has 1 aromatic rings.